The molecular formula is C60H41N5. The van der Waals surface area contributed by atoms with Crippen LogP contribution < -0.4 is 10.4 Å². The molecule has 0 saturated heterocycles. The molecule has 5 nitrogen and oxygen atoms in total. The van der Waals surface area contributed by atoms with Gasteiger partial charge >= 0.3 is 0 Å². The summed E-state index contributed by atoms with van der Waals surface area (Å²) in [5, 5.41) is 4.99. The Morgan fingerprint density at radius 3 is 1.55 bits per heavy atom. The molecule has 1 aliphatic heterocycles. The Balaban J connectivity index is 1.11. The minimum Gasteiger partial charge on any atom is -0.308 e. The minimum atomic E-state index is -0.360. The van der Waals surface area contributed by atoms with Crippen LogP contribution in [-0.4, -0.2) is 24.1 Å². The summed E-state index contributed by atoms with van der Waals surface area (Å²) in [5.74, 6) is 1.82. The zero-order valence-corrected chi connectivity index (χ0v) is 35.9. The highest BCUT2D eigenvalue weighted by molar-refractivity contribution is 6.14. The molecule has 0 fully saturated rings. The number of rotatable bonds is 6. The zero-order chi connectivity index (χ0) is 43.2. The van der Waals surface area contributed by atoms with Gasteiger partial charge in [-0.3, -0.25) is 4.57 Å². The van der Waals surface area contributed by atoms with Crippen molar-refractivity contribution in [2.24, 2.45) is 0 Å². The van der Waals surface area contributed by atoms with Crippen molar-refractivity contribution in [3.63, 3.8) is 0 Å². The Hall–Kier alpha value is -8.41. The van der Waals surface area contributed by atoms with Gasteiger partial charge in [0.25, 0.3) is 0 Å². The van der Waals surface area contributed by atoms with Crippen LogP contribution in [0.3, 0.4) is 0 Å². The molecule has 0 saturated carbocycles. The van der Waals surface area contributed by atoms with Gasteiger partial charge in [-0.2, -0.15) is 9.97 Å². The fourth-order valence-electron chi connectivity index (χ4n) is 10.6. The molecule has 2 aromatic heterocycles. The Labute approximate surface area is 376 Å². The molecule has 65 heavy (non-hydrogen) atoms. The first-order valence-corrected chi connectivity index (χ1v) is 22.3. The maximum absolute atomic E-state index is 5.16. The van der Waals surface area contributed by atoms with Crippen LogP contribution in [0.15, 0.2) is 206 Å². The average Bonchev–Trinajstić information content (AvgIpc) is 4.02. The smallest absolute Gasteiger partial charge is 0.237 e. The molecule has 0 amide bonds. The molecule has 0 unspecified atom stereocenters. The maximum atomic E-state index is 5.16. The molecule has 0 atom stereocenters. The normalized spacial score (nSPS) is 13.7. The Bertz CT molecular complexity index is 3670. The van der Waals surface area contributed by atoms with Gasteiger partial charge in [-0.1, -0.05) is 172 Å². The lowest BCUT2D eigenvalue weighted by atomic mass is 9.69. The number of nitrogens with zero attached hydrogens (tertiary/aromatic N) is 5. The molecule has 7 aromatic carbocycles. The van der Waals surface area contributed by atoms with Gasteiger partial charge in [0.1, 0.15) is 0 Å². The average molecular weight is 832 g/mol. The third-order valence-electron chi connectivity index (χ3n) is 13.5. The van der Waals surface area contributed by atoms with Crippen molar-refractivity contribution in [3.8, 4) is 67.8 Å². The van der Waals surface area contributed by atoms with Gasteiger partial charge in [0.15, 0.2) is 11.6 Å². The first-order valence-electron chi connectivity index (χ1n) is 22.3. The number of hydrogen-bond donors (Lipinski definition) is 0. The lowest BCUT2D eigenvalue weighted by Crippen LogP contribution is -2.31. The van der Waals surface area contributed by atoms with Crippen molar-refractivity contribution < 1.29 is 0 Å². The van der Waals surface area contributed by atoms with E-state index >= 15 is 0 Å². The van der Waals surface area contributed by atoms with E-state index in [0.717, 1.165) is 16.7 Å². The van der Waals surface area contributed by atoms with E-state index in [2.05, 4.69) is 199 Å². The highest BCUT2D eigenvalue weighted by Crippen LogP contribution is 2.55. The van der Waals surface area contributed by atoms with Crippen LogP contribution in [0.2, 0.25) is 0 Å². The van der Waals surface area contributed by atoms with Crippen molar-refractivity contribution in [2.45, 2.75) is 19.3 Å². The van der Waals surface area contributed by atoms with Crippen LogP contribution in [0.5, 0.6) is 0 Å². The van der Waals surface area contributed by atoms with Crippen LogP contribution in [0, 0.1) is 0 Å². The van der Waals surface area contributed by atoms with Crippen LogP contribution in [0.4, 0.5) is 0 Å². The number of benzene rings is 7. The summed E-state index contributed by atoms with van der Waals surface area (Å²) in [5.41, 5.74) is 17.3. The fourth-order valence-corrected chi connectivity index (χ4v) is 10.6. The van der Waals surface area contributed by atoms with E-state index in [9.17, 15) is 0 Å². The Morgan fingerprint density at radius 2 is 0.985 bits per heavy atom. The molecule has 306 valence electrons. The largest absolute Gasteiger partial charge is 0.308 e. The first-order chi connectivity index (χ1) is 32.0. The van der Waals surface area contributed by atoms with Crippen molar-refractivity contribution in [3.05, 3.63) is 228 Å². The second-order valence-electron chi connectivity index (χ2n) is 17.7. The van der Waals surface area contributed by atoms with E-state index in [-0.39, 0.29) is 5.41 Å². The number of allylic oxidation sites excluding steroid dienone is 1. The molecule has 9 aromatic rings. The van der Waals surface area contributed by atoms with Crippen molar-refractivity contribution in [2.75, 3.05) is 0 Å². The third kappa shape index (κ3) is 5.82. The molecule has 0 N–H and O–H groups in total. The van der Waals surface area contributed by atoms with E-state index in [1.807, 2.05) is 36.4 Å². The zero-order valence-electron chi connectivity index (χ0n) is 35.9. The third-order valence-corrected chi connectivity index (χ3v) is 13.5. The summed E-state index contributed by atoms with van der Waals surface area (Å²) < 4.78 is 4.62. The van der Waals surface area contributed by atoms with Gasteiger partial charge in [-0.05, 0) is 91.9 Å². The quantitative estimate of drug-likeness (QED) is 0.168. The highest BCUT2D eigenvalue weighted by Gasteiger charge is 2.41. The lowest BCUT2D eigenvalue weighted by molar-refractivity contribution is 0.688. The van der Waals surface area contributed by atoms with E-state index in [4.69, 9.17) is 15.0 Å². The predicted octanol–water partition coefficient (Wildman–Crippen LogP) is 12.9. The predicted molar refractivity (Wildman–Crippen MR) is 266 cm³/mol. The topological polar surface area (TPSA) is 48.5 Å². The van der Waals surface area contributed by atoms with Crippen molar-refractivity contribution in [1.29, 1.82) is 0 Å². The van der Waals surface area contributed by atoms with Gasteiger partial charge in [0, 0.05) is 56.4 Å². The van der Waals surface area contributed by atoms with E-state index in [1.54, 1.807) is 0 Å². The molecule has 5 heteroatoms. The van der Waals surface area contributed by atoms with Crippen LogP contribution in [-0.2, 0) is 5.41 Å². The molecular weight excluding hydrogens is 791 g/mol. The van der Waals surface area contributed by atoms with Crippen LogP contribution in [0.25, 0.3) is 107 Å². The summed E-state index contributed by atoms with van der Waals surface area (Å²) in [4.78, 5) is 15.3. The molecule has 3 heterocycles. The molecule has 0 bridgehead atoms. The first kappa shape index (κ1) is 37.2. The molecule has 3 aliphatic carbocycles. The standard InChI is InChI=1S/C60H41N5/c1-60(2)54-45(33-44-25-15-16-26-46(44)54)36-50-55(60)51-37-64(59-62-57(40-21-11-5-12-22-40)61-58(63-59)41-23-13-6-14-24-41)32-31-47(51)56(50)65-52-29-27-42(38-17-7-3-8-18-38)34-48(52)49-35-43(28-30-53(49)65)39-19-9-4-10-20-39/h3-37H,1-2H3. The Kier molecular flexibility index (Phi) is 8.18. The summed E-state index contributed by atoms with van der Waals surface area (Å²) >= 11 is 0. The fraction of sp³-hybridized carbons (Fsp3) is 0.0500. The number of pyridine rings is 1. The molecule has 0 radical (unpaired) electrons. The van der Waals surface area contributed by atoms with E-state index in [1.165, 1.54) is 88.0 Å². The van der Waals surface area contributed by atoms with E-state index in [0.29, 0.717) is 17.6 Å². The number of fused-ring (bicyclic) bond motifs is 8. The number of hydrogen-bond acceptors (Lipinski definition) is 3. The Morgan fingerprint density at radius 1 is 0.462 bits per heavy atom. The summed E-state index contributed by atoms with van der Waals surface area (Å²) in [6.07, 6.45) is 9.22. The SMILES string of the molecule is CC1(C)C2=c3ccccc3=CC2=Cc2c(-n3c4ccc(-c5ccccc5)cc4c4cc(-c5ccccc5)ccc43)c3ccn(-c4nc(-c5ccccc5)nc(-c5ccccc5)n4)cc-3c21. The van der Waals surface area contributed by atoms with Gasteiger partial charge in [-0.25, -0.2) is 4.98 Å². The van der Waals surface area contributed by atoms with Gasteiger partial charge in [0.2, 0.25) is 5.95 Å². The molecule has 4 aliphatic rings. The highest BCUT2D eigenvalue weighted by atomic mass is 15.2. The second-order valence-corrected chi connectivity index (χ2v) is 17.7. The maximum Gasteiger partial charge on any atom is 0.237 e. The molecule has 0 spiro atoms. The van der Waals surface area contributed by atoms with Gasteiger partial charge < -0.3 is 4.57 Å². The minimum absolute atomic E-state index is 0.360. The van der Waals surface area contributed by atoms with Crippen molar-refractivity contribution in [1.82, 2.24) is 24.1 Å². The van der Waals surface area contributed by atoms with Crippen molar-refractivity contribution >= 4 is 39.5 Å². The van der Waals surface area contributed by atoms with Gasteiger partial charge in [0.05, 0.1) is 16.7 Å². The molecule has 13 rings (SSSR count). The summed E-state index contributed by atoms with van der Waals surface area (Å²) in [6.45, 7) is 4.80. The number of aromatic nitrogens is 5. The summed E-state index contributed by atoms with van der Waals surface area (Å²) in [6, 6.07) is 66.9. The van der Waals surface area contributed by atoms with Gasteiger partial charge in [-0.15, -0.1) is 0 Å². The van der Waals surface area contributed by atoms with Crippen LogP contribution in [0.1, 0.15) is 25.0 Å². The van der Waals surface area contributed by atoms with E-state index < -0.39 is 0 Å². The monoisotopic (exact) mass is 831 g/mol. The summed E-state index contributed by atoms with van der Waals surface area (Å²) in [7, 11) is 0. The second kappa shape index (κ2) is 14.3. The lowest BCUT2D eigenvalue weighted by Gasteiger charge is -2.33. The van der Waals surface area contributed by atoms with Crippen LogP contribution >= 0.6 is 0 Å².